The summed E-state index contributed by atoms with van der Waals surface area (Å²) in [5, 5.41) is 3.27. The number of fused-ring (bicyclic) bond motifs is 1. The molecule has 1 N–H and O–H groups in total. The Morgan fingerprint density at radius 2 is 2.05 bits per heavy atom. The van der Waals surface area contributed by atoms with Crippen LogP contribution >= 0.6 is 12.4 Å². The number of sulfonamides is 1. The van der Waals surface area contributed by atoms with Crippen LogP contribution in [0.3, 0.4) is 0 Å². The Morgan fingerprint density at radius 1 is 1.30 bits per heavy atom. The highest BCUT2D eigenvalue weighted by Crippen LogP contribution is 2.32. The average molecular weight is 315 g/mol. The van der Waals surface area contributed by atoms with Gasteiger partial charge in [-0.15, -0.1) is 12.4 Å². The molecule has 1 aromatic carbocycles. The van der Waals surface area contributed by atoms with Crippen LogP contribution in [0.1, 0.15) is 0 Å². The van der Waals surface area contributed by atoms with Gasteiger partial charge in [-0.1, -0.05) is 12.1 Å². The first kappa shape index (κ1) is 14.7. The standard InChI is InChI=1S/C12H14N4O2S.ClH/c1-15-8-12(14-9-15)19(17,18)16-7-6-13-10-4-2-3-5-11(10)16;/h2-5,8-9,13H,6-7H2,1H3;1H. The quantitative estimate of drug-likeness (QED) is 0.911. The second-order valence-electron chi connectivity index (χ2n) is 4.40. The highest BCUT2D eigenvalue weighted by molar-refractivity contribution is 7.92. The molecule has 1 aromatic heterocycles. The van der Waals surface area contributed by atoms with E-state index < -0.39 is 10.0 Å². The number of hydrogen-bond donors (Lipinski definition) is 1. The van der Waals surface area contributed by atoms with Crippen molar-refractivity contribution in [2.24, 2.45) is 7.05 Å². The molecule has 20 heavy (non-hydrogen) atoms. The van der Waals surface area contributed by atoms with E-state index in [-0.39, 0.29) is 17.4 Å². The molecule has 3 rings (SSSR count). The van der Waals surface area contributed by atoms with Crippen LogP contribution in [0.25, 0.3) is 0 Å². The predicted octanol–water partition coefficient (Wildman–Crippen LogP) is 1.46. The summed E-state index contributed by atoms with van der Waals surface area (Å²) in [5.41, 5.74) is 1.49. The first-order valence-electron chi connectivity index (χ1n) is 5.92. The lowest BCUT2D eigenvalue weighted by Crippen LogP contribution is -2.38. The summed E-state index contributed by atoms with van der Waals surface area (Å²) in [4.78, 5) is 3.95. The normalized spacial score (nSPS) is 14.2. The van der Waals surface area contributed by atoms with Gasteiger partial charge in [0.05, 0.1) is 24.2 Å². The van der Waals surface area contributed by atoms with Gasteiger partial charge in [0.25, 0.3) is 10.0 Å². The van der Waals surface area contributed by atoms with Crippen molar-refractivity contribution in [2.45, 2.75) is 5.03 Å². The third-order valence-electron chi connectivity index (χ3n) is 3.04. The fourth-order valence-corrected chi connectivity index (χ4v) is 3.59. The summed E-state index contributed by atoms with van der Waals surface area (Å²) >= 11 is 0. The Hall–Kier alpha value is -1.73. The molecular weight excluding hydrogens is 300 g/mol. The van der Waals surface area contributed by atoms with Crippen LogP contribution in [0.5, 0.6) is 0 Å². The van der Waals surface area contributed by atoms with E-state index in [4.69, 9.17) is 0 Å². The number of imidazole rings is 1. The summed E-state index contributed by atoms with van der Waals surface area (Å²) in [5.74, 6) is 0. The molecule has 0 aliphatic carbocycles. The smallest absolute Gasteiger partial charge is 0.283 e. The van der Waals surface area contributed by atoms with Crippen LogP contribution in [0, 0.1) is 0 Å². The number of rotatable bonds is 2. The van der Waals surface area contributed by atoms with Gasteiger partial charge in [-0.25, -0.2) is 4.98 Å². The summed E-state index contributed by atoms with van der Waals surface area (Å²) in [6.45, 7) is 0.985. The second kappa shape index (κ2) is 5.34. The average Bonchev–Trinajstić information content (AvgIpc) is 2.85. The van der Waals surface area contributed by atoms with Crippen LogP contribution in [-0.2, 0) is 17.1 Å². The Morgan fingerprint density at radius 3 is 2.75 bits per heavy atom. The molecule has 1 aliphatic rings. The first-order valence-corrected chi connectivity index (χ1v) is 7.36. The van der Waals surface area contributed by atoms with Crippen molar-refractivity contribution in [1.82, 2.24) is 9.55 Å². The second-order valence-corrected chi connectivity index (χ2v) is 6.21. The number of hydrogen-bond acceptors (Lipinski definition) is 4. The molecule has 2 aromatic rings. The Bertz CT molecular complexity index is 714. The SMILES string of the molecule is Cl.Cn1cnc(S(=O)(=O)N2CCNc3ccccc32)c1. The van der Waals surface area contributed by atoms with Gasteiger partial charge in [-0.2, -0.15) is 8.42 Å². The molecule has 0 radical (unpaired) electrons. The van der Waals surface area contributed by atoms with Gasteiger partial charge in [-0.3, -0.25) is 4.31 Å². The van der Waals surface area contributed by atoms with Gasteiger partial charge in [0, 0.05) is 19.8 Å². The van der Waals surface area contributed by atoms with Crippen LogP contribution in [0.2, 0.25) is 0 Å². The van der Waals surface area contributed by atoms with Gasteiger partial charge in [-0.05, 0) is 12.1 Å². The zero-order chi connectivity index (χ0) is 13.5. The number of para-hydroxylation sites is 2. The van der Waals surface area contributed by atoms with Crippen molar-refractivity contribution in [3.05, 3.63) is 36.8 Å². The maximum atomic E-state index is 12.6. The Balaban J connectivity index is 0.00000147. The lowest BCUT2D eigenvalue weighted by Gasteiger charge is -2.30. The minimum atomic E-state index is -3.59. The number of benzene rings is 1. The van der Waals surface area contributed by atoms with E-state index in [1.165, 1.54) is 16.8 Å². The molecule has 2 heterocycles. The molecule has 0 spiro atoms. The molecular formula is C12H15ClN4O2S. The van der Waals surface area contributed by atoms with Crippen molar-refractivity contribution < 1.29 is 8.42 Å². The van der Waals surface area contributed by atoms with Gasteiger partial charge < -0.3 is 9.88 Å². The van der Waals surface area contributed by atoms with Crippen LogP contribution in [0.4, 0.5) is 11.4 Å². The van der Waals surface area contributed by atoms with E-state index in [0.717, 1.165) is 5.69 Å². The summed E-state index contributed by atoms with van der Waals surface area (Å²) < 4.78 is 28.2. The summed E-state index contributed by atoms with van der Waals surface area (Å²) in [6, 6.07) is 7.37. The summed E-state index contributed by atoms with van der Waals surface area (Å²) in [6.07, 6.45) is 3.00. The van der Waals surface area contributed by atoms with Crippen LogP contribution in [-0.4, -0.2) is 31.1 Å². The van der Waals surface area contributed by atoms with E-state index in [0.29, 0.717) is 18.8 Å². The maximum Gasteiger partial charge on any atom is 0.283 e. The highest BCUT2D eigenvalue weighted by atomic mass is 35.5. The lowest BCUT2D eigenvalue weighted by molar-refractivity contribution is 0.587. The molecule has 8 heteroatoms. The van der Waals surface area contributed by atoms with Crippen molar-refractivity contribution >= 4 is 33.8 Å². The van der Waals surface area contributed by atoms with Gasteiger partial charge in [0.15, 0.2) is 5.03 Å². The van der Waals surface area contributed by atoms with Crippen molar-refractivity contribution in [3.63, 3.8) is 0 Å². The van der Waals surface area contributed by atoms with E-state index in [9.17, 15) is 8.42 Å². The highest BCUT2D eigenvalue weighted by Gasteiger charge is 2.30. The molecule has 0 unspecified atom stereocenters. The molecule has 1 aliphatic heterocycles. The fraction of sp³-hybridized carbons (Fsp3) is 0.250. The van der Waals surface area contributed by atoms with Crippen molar-refractivity contribution in [3.8, 4) is 0 Å². The molecule has 0 amide bonds. The molecule has 0 bridgehead atoms. The molecule has 0 saturated carbocycles. The van der Waals surface area contributed by atoms with Gasteiger partial charge in [0.1, 0.15) is 0 Å². The van der Waals surface area contributed by atoms with E-state index in [1.54, 1.807) is 17.7 Å². The fourth-order valence-electron chi connectivity index (χ4n) is 2.14. The number of aryl methyl sites for hydroxylation is 1. The molecule has 0 saturated heterocycles. The van der Waals surface area contributed by atoms with Crippen molar-refractivity contribution in [2.75, 3.05) is 22.7 Å². The largest absolute Gasteiger partial charge is 0.382 e. The minimum absolute atomic E-state index is 0. The van der Waals surface area contributed by atoms with Crippen molar-refractivity contribution in [1.29, 1.82) is 0 Å². The predicted molar refractivity (Wildman–Crippen MR) is 79.9 cm³/mol. The van der Waals surface area contributed by atoms with Crippen LogP contribution < -0.4 is 9.62 Å². The first-order chi connectivity index (χ1) is 9.09. The number of nitrogens with one attached hydrogen (secondary N) is 1. The van der Waals surface area contributed by atoms with Gasteiger partial charge >= 0.3 is 0 Å². The summed E-state index contributed by atoms with van der Waals surface area (Å²) in [7, 11) is -1.85. The van der Waals surface area contributed by atoms with Crippen LogP contribution in [0.15, 0.2) is 41.8 Å². The topological polar surface area (TPSA) is 67.2 Å². The molecule has 6 nitrogen and oxygen atoms in total. The zero-order valence-electron chi connectivity index (χ0n) is 10.9. The maximum absolute atomic E-state index is 12.6. The number of anilines is 2. The Labute approximate surface area is 123 Å². The van der Waals surface area contributed by atoms with E-state index in [2.05, 4.69) is 10.3 Å². The molecule has 108 valence electrons. The third kappa shape index (κ3) is 2.34. The molecule has 0 fully saturated rings. The number of nitrogens with zero attached hydrogens (tertiary/aromatic N) is 3. The Kier molecular flexibility index (Phi) is 3.92. The van der Waals surface area contributed by atoms with E-state index in [1.807, 2.05) is 18.2 Å². The molecule has 0 atom stereocenters. The number of aromatic nitrogens is 2. The van der Waals surface area contributed by atoms with Gasteiger partial charge in [0.2, 0.25) is 0 Å². The van der Waals surface area contributed by atoms with E-state index >= 15 is 0 Å². The third-order valence-corrected chi connectivity index (χ3v) is 4.74. The lowest BCUT2D eigenvalue weighted by atomic mass is 10.2. The number of halogens is 1. The zero-order valence-corrected chi connectivity index (χ0v) is 12.5. The minimum Gasteiger partial charge on any atom is -0.382 e. The monoisotopic (exact) mass is 314 g/mol.